The van der Waals surface area contributed by atoms with Gasteiger partial charge in [-0.3, -0.25) is 9.89 Å². The summed E-state index contributed by atoms with van der Waals surface area (Å²) >= 11 is 11.9. The fourth-order valence-electron chi connectivity index (χ4n) is 2.62. The Morgan fingerprint density at radius 2 is 1.89 bits per heavy atom. The van der Waals surface area contributed by atoms with Crippen LogP contribution in [0.15, 0.2) is 42.6 Å². The van der Waals surface area contributed by atoms with E-state index < -0.39 is 23.8 Å². The van der Waals surface area contributed by atoms with Crippen molar-refractivity contribution < 1.29 is 18.0 Å². The fraction of sp³-hybridized carbons (Fsp3) is 0.111. The average Bonchev–Trinajstić information content (AvgIpc) is 3.13. The van der Waals surface area contributed by atoms with E-state index in [-0.39, 0.29) is 10.6 Å². The number of carbonyl (C=O) groups excluding carboxylic acids is 1. The molecule has 140 valence electrons. The van der Waals surface area contributed by atoms with E-state index in [9.17, 15) is 18.0 Å². The molecule has 2 aromatic carbocycles. The number of benzene rings is 2. The molecule has 1 aromatic heterocycles. The third-order valence-corrected chi connectivity index (χ3v) is 4.70. The van der Waals surface area contributed by atoms with Crippen molar-refractivity contribution in [1.29, 1.82) is 0 Å². The number of nitrogens with one attached hydrogen (secondary N) is 1. The third kappa shape index (κ3) is 3.79. The highest BCUT2D eigenvalue weighted by atomic mass is 35.5. The number of hydrogen-bond acceptors (Lipinski definition) is 2. The number of amides is 1. The van der Waals surface area contributed by atoms with Crippen LogP contribution in [-0.2, 0) is 0 Å². The van der Waals surface area contributed by atoms with Gasteiger partial charge in [-0.05, 0) is 35.9 Å². The molecule has 0 fully saturated rings. The van der Waals surface area contributed by atoms with E-state index in [4.69, 9.17) is 23.2 Å². The van der Waals surface area contributed by atoms with E-state index in [0.29, 0.717) is 21.8 Å². The van der Waals surface area contributed by atoms with Gasteiger partial charge in [0.2, 0.25) is 0 Å². The molecule has 0 aliphatic carbocycles. The number of aromatic nitrogens is 2. The molecule has 9 heteroatoms. The molecule has 0 atom stereocenters. The third-order valence-electron chi connectivity index (χ3n) is 3.96. The van der Waals surface area contributed by atoms with Crippen molar-refractivity contribution in [2.24, 2.45) is 0 Å². The first-order valence-electron chi connectivity index (χ1n) is 7.64. The van der Waals surface area contributed by atoms with Crippen molar-refractivity contribution in [2.75, 3.05) is 11.9 Å². The summed E-state index contributed by atoms with van der Waals surface area (Å²) in [5, 5.41) is 6.26. The van der Waals surface area contributed by atoms with Crippen molar-refractivity contribution in [1.82, 2.24) is 10.2 Å². The Hall–Kier alpha value is -2.51. The smallest absolute Gasteiger partial charge is 0.282 e. The summed E-state index contributed by atoms with van der Waals surface area (Å²) in [4.78, 5) is 13.9. The van der Waals surface area contributed by atoms with Gasteiger partial charge in [-0.1, -0.05) is 29.3 Å². The van der Waals surface area contributed by atoms with Gasteiger partial charge in [0, 0.05) is 18.8 Å². The largest absolute Gasteiger partial charge is 0.311 e. The monoisotopic (exact) mass is 413 g/mol. The normalized spacial score (nSPS) is 11.1. The van der Waals surface area contributed by atoms with Gasteiger partial charge >= 0.3 is 0 Å². The van der Waals surface area contributed by atoms with Gasteiger partial charge < -0.3 is 4.90 Å². The first kappa shape index (κ1) is 19.3. The standard InChI is InChI=1S/C18H12Cl2F3N3O/c1-26(18(27)12-8-24-25-16(12)17(22)23)15-5-3-10(21)7-11(15)9-2-4-13(19)14(20)6-9/h2-8,17H,1H3,(H,24,25). The molecule has 4 nitrogen and oxygen atoms in total. The summed E-state index contributed by atoms with van der Waals surface area (Å²) in [6, 6.07) is 8.47. The Balaban J connectivity index is 2.07. The molecule has 0 spiro atoms. The second-order valence-electron chi connectivity index (χ2n) is 5.64. The molecule has 0 saturated heterocycles. The molecular formula is C18H12Cl2F3N3O. The van der Waals surface area contributed by atoms with Gasteiger partial charge in [0.1, 0.15) is 11.5 Å². The van der Waals surface area contributed by atoms with Crippen LogP contribution >= 0.6 is 23.2 Å². The van der Waals surface area contributed by atoms with Crippen molar-refractivity contribution in [2.45, 2.75) is 6.43 Å². The number of aromatic amines is 1. The van der Waals surface area contributed by atoms with E-state index >= 15 is 0 Å². The maximum absolute atomic E-state index is 13.8. The number of rotatable bonds is 4. The molecule has 0 aliphatic heterocycles. The molecular weight excluding hydrogens is 402 g/mol. The van der Waals surface area contributed by atoms with Crippen LogP contribution in [0.25, 0.3) is 11.1 Å². The van der Waals surface area contributed by atoms with Crippen molar-refractivity contribution in [3.8, 4) is 11.1 Å². The van der Waals surface area contributed by atoms with Crippen molar-refractivity contribution >= 4 is 34.8 Å². The maximum atomic E-state index is 13.8. The van der Waals surface area contributed by atoms with Crippen LogP contribution in [0.2, 0.25) is 10.0 Å². The maximum Gasteiger partial charge on any atom is 0.282 e. The topological polar surface area (TPSA) is 49.0 Å². The predicted molar refractivity (Wildman–Crippen MR) is 98.1 cm³/mol. The Labute approximate surface area is 162 Å². The quantitative estimate of drug-likeness (QED) is 0.592. The highest BCUT2D eigenvalue weighted by Crippen LogP contribution is 2.35. The minimum Gasteiger partial charge on any atom is -0.311 e. The van der Waals surface area contributed by atoms with Crippen molar-refractivity contribution in [3.05, 3.63) is 69.7 Å². The number of H-pyrrole nitrogens is 1. The number of carbonyl (C=O) groups is 1. The SMILES string of the molecule is CN(C(=O)c1c[nH]nc1C(F)F)c1ccc(F)cc1-c1ccc(Cl)c(Cl)c1. The van der Waals surface area contributed by atoms with Crippen LogP contribution in [0.1, 0.15) is 22.5 Å². The van der Waals surface area contributed by atoms with Crippen LogP contribution < -0.4 is 4.90 Å². The number of alkyl halides is 2. The second kappa shape index (κ2) is 7.62. The Morgan fingerprint density at radius 1 is 1.15 bits per heavy atom. The van der Waals surface area contributed by atoms with Gasteiger partial charge in [0.25, 0.3) is 12.3 Å². The van der Waals surface area contributed by atoms with E-state index in [0.717, 1.165) is 11.1 Å². The Kier molecular flexibility index (Phi) is 5.43. The lowest BCUT2D eigenvalue weighted by Gasteiger charge is -2.21. The van der Waals surface area contributed by atoms with Crippen LogP contribution in [-0.4, -0.2) is 23.2 Å². The lowest BCUT2D eigenvalue weighted by Crippen LogP contribution is -2.27. The number of hydrogen-bond donors (Lipinski definition) is 1. The zero-order valence-corrected chi connectivity index (χ0v) is 15.3. The fourth-order valence-corrected chi connectivity index (χ4v) is 2.92. The molecule has 27 heavy (non-hydrogen) atoms. The van der Waals surface area contributed by atoms with E-state index in [1.165, 1.54) is 31.3 Å². The van der Waals surface area contributed by atoms with Gasteiger partial charge in [-0.25, -0.2) is 13.2 Å². The van der Waals surface area contributed by atoms with Crippen LogP contribution in [0.3, 0.4) is 0 Å². The summed E-state index contributed by atoms with van der Waals surface area (Å²) in [5.74, 6) is -1.25. The molecule has 1 N–H and O–H groups in total. The highest BCUT2D eigenvalue weighted by Gasteiger charge is 2.26. The van der Waals surface area contributed by atoms with Crippen LogP contribution in [0, 0.1) is 5.82 Å². The van der Waals surface area contributed by atoms with E-state index in [1.807, 2.05) is 0 Å². The molecule has 0 radical (unpaired) electrons. The minimum absolute atomic E-state index is 0.258. The Morgan fingerprint density at radius 3 is 2.56 bits per heavy atom. The van der Waals surface area contributed by atoms with E-state index in [2.05, 4.69) is 10.2 Å². The molecule has 0 aliphatic rings. The van der Waals surface area contributed by atoms with Gasteiger partial charge in [0.15, 0.2) is 0 Å². The number of nitrogens with zero attached hydrogens (tertiary/aromatic N) is 2. The summed E-state index contributed by atoms with van der Waals surface area (Å²) in [7, 11) is 1.40. The molecule has 1 heterocycles. The first-order valence-corrected chi connectivity index (χ1v) is 8.40. The van der Waals surface area contributed by atoms with Gasteiger partial charge in [-0.2, -0.15) is 5.10 Å². The summed E-state index contributed by atoms with van der Waals surface area (Å²) < 4.78 is 39.9. The van der Waals surface area contributed by atoms with Crippen molar-refractivity contribution in [3.63, 3.8) is 0 Å². The summed E-state index contributed by atoms with van der Waals surface area (Å²) in [6.45, 7) is 0. The molecule has 3 rings (SSSR count). The zero-order chi connectivity index (χ0) is 19.7. The average molecular weight is 414 g/mol. The second-order valence-corrected chi connectivity index (χ2v) is 6.45. The molecule has 3 aromatic rings. The van der Waals surface area contributed by atoms with Crippen LogP contribution in [0.4, 0.5) is 18.9 Å². The summed E-state index contributed by atoms with van der Waals surface area (Å²) in [6.07, 6.45) is -1.81. The number of anilines is 1. The lowest BCUT2D eigenvalue weighted by molar-refractivity contribution is 0.0978. The van der Waals surface area contributed by atoms with Gasteiger partial charge in [-0.15, -0.1) is 0 Å². The van der Waals surface area contributed by atoms with E-state index in [1.54, 1.807) is 12.1 Å². The van der Waals surface area contributed by atoms with Gasteiger partial charge in [0.05, 0.1) is 21.3 Å². The van der Waals surface area contributed by atoms with Crippen LogP contribution in [0.5, 0.6) is 0 Å². The molecule has 0 unspecified atom stereocenters. The molecule has 1 amide bonds. The number of halogens is 5. The molecule has 0 saturated carbocycles. The predicted octanol–water partition coefficient (Wildman–Crippen LogP) is 5.74. The highest BCUT2D eigenvalue weighted by molar-refractivity contribution is 6.42. The first-order chi connectivity index (χ1) is 12.8. The Bertz CT molecular complexity index is 1010. The lowest BCUT2D eigenvalue weighted by atomic mass is 10.0. The molecule has 0 bridgehead atoms. The summed E-state index contributed by atoms with van der Waals surface area (Å²) in [5.41, 5.74) is 0.259. The zero-order valence-electron chi connectivity index (χ0n) is 13.8. The minimum atomic E-state index is -2.91.